The van der Waals surface area contributed by atoms with Gasteiger partial charge in [0.15, 0.2) is 5.69 Å². The van der Waals surface area contributed by atoms with Crippen LogP contribution < -0.4 is 5.32 Å². The van der Waals surface area contributed by atoms with Gasteiger partial charge in [0.2, 0.25) is 0 Å². The minimum atomic E-state index is -0.210. The molecule has 0 fully saturated rings. The number of carbonyl (C=O) groups excluding carboxylic acids is 1. The SMILES string of the molecule is O=C(Nc1ccccc1)c1nc(-c2ccccc2)n2c1CN(CCO)CC2. The van der Waals surface area contributed by atoms with Crippen LogP contribution in [0.25, 0.3) is 11.4 Å². The minimum absolute atomic E-state index is 0.102. The Bertz CT molecular complexity index is 922. The molecule has 0 atom stereocenters. The Morgan fingerprint density at radius 3 is 2.44 bits per heavy atom. The van der Waals surface area contributed by atoms with Gasteiger partial charge >= 0.3 is 0 Å². The number of nitrogens with zero attached hydrogens (tertiary/aromatic N) is 3. The van der Waals surface area contributed by atoms with E-state index in [2.05, 4.69) is 14.8 Å². The molecule has 0 saturated carbocycles. The van der Waals surface area contributed by atoms with Gasteiger partial charge in [-0.2, -0.15) is 0 Å². The van der Waals surface area contributed by atoms with Gasteiger partial charge in [0.25, 0.3) is 5.91 Å². The van der Waals surface area contributed by atoms with Crippen LogP contribution in [0.1, 0.15) is 16.2 Å². The summed E-state index contributed by atoms with van der Waals surface area (Å²) in [5.74, 6) is 0.602. The smallest absolute Gasteiger partial charge is 0.276 e. The third kappa shape index (κ3) is 3.63. The molecule has 0 bridgehead atoms. The van der Waals surface area contributed by atoms with Crippen molar-refractivity contribution in [3.8, 4) is 11.4 Å². The molecular weight excluding hydrogens is 340 g/mol. The Balaban J connectivity index is 1.72. The van der Waals surface area contributed by atoms with E-state index in [0.29, 0.717) is 18.8 Å². The van der Waals surface area contributed by atoms with E-state index < -0.39 is 0 Å². The first-order valence-electron chi connectivity index (χ1n) is 9.10. The number of aliphatic hydroxyl groups excluding tert-OH is 1. The molecular formula is C21H22N4O2. The van der Waals surface area contributed by atoms with Crippen molar-refractivity contribution in [1.29, 1.82) is 0 Å². The summed E-state index contributed by atoms with van der Waals surface area (Å²) in [6, 6.07) is 19.3. The Morgan fingerprint density at radius 1 is 1.04 bits per heavy atom. The molecule has 2 aromatic carbocycles. The van der Waals surface area contributed by atoms with Gasteiger partial charge < -0.3 is 15.0 Å². The van der Waals surface area contributed by atoms with Crippen molar-refractivity contribution in [1.82, 2.24) is 14.5 Å². The largest absolute Gasteiger partial charge is 0.395 e. The molecule has 2 N–H and O–H groups in total. The summed E-state index contributed by atoms with van der Waals surface area (Å²) in [6.07, 6.45) is 0. The fourth-order valence-electron chi connectivity index (χ4n) is 3.45. The fourth-order valence-corrected chi connectivity index (χ4v) is 3.45. The molecule has 0 unspecified atom stereocenters. The zero-order valence-corrected chi connectivity index (χ0v) is 15.0. The number of fused-ring (bicyclic) bond motifs is 1. The Hall–Kier alpha value is -2.96. The van der Waals surface area contributed by atoms with Crippen LogP contribution in [0.3, 0.4) is 0 Å². The lowest BCUT2D eigenvalue weighted by Crippen LogP contribution is -2.36. The summed E-state index contributed by atoms with van der Waals surface area (Å²) in [5.41, 5.74) is 3.07. The molecule has 0 radical (unpaired) electrons. The summed E-state index contributed by atoms with van der Waals surface area (Å²) in [7, 11) is 0. The van der Waals surface area contributed by atoms with Gasteiger partial charge in [0.1, 0.15) is 5.82 Å². The Morgan fingerprint density at radius 2 is 1.74 bits per heavy atom. The second-order valence-electron chi connectivity index (χ2n) is 6.57. The zero-order valence-electron chi connectivity index (χ0n) is 15.0. The molecule has 1 aliphatic heterocycles. The highest BCUT2D eigenvalue weighted by atomic mass is 16.3. The van der Waals surface area contributed by atoms with E-state index in [9.17, 15) is 9.90 Å². The number of hydrogen-bond donors (Lipinski definition) is 2. The topological polar surface area (TPSA) is 70.4 Å². The summed E-state index contributed by atoms with van der Waals surface area (Å²) in [5, 5.41) is 12.2. The van der Waals surface area contributed by atoms with Crippen LogP contribution in [0, 0.1) is 0 Å². The number of β-amino-alcohol motifs (C(OH)–C–C–N with tert-alkyl or cyclic N) is 1. The van der Waals surface area contributed by atoms with Crippen LogP contribution in [-0.4, -0.2) is 45.2 Å². The van der Waals surface area contributed by atoms with Gasteiger partial charge in [-0.1, -0.05) is 48.5 Å². The number of anilines is 1. The molecule has 6 heteroatoms. The van der Waals surface area contributed by atoms with Crippen LogP contribution >= 0.6 is 0 Å². The van der Waals surface area contributed by atoms with Gasteiger partial charge in [-0.05, 0) is 12.1 Å². The molecule has 0 spiro atoms. The summed E-state index contributed by atoms with van der Waals surface area (Å²) in [6.45, 7) is 2.85. The predicted molar refractivity (Wildman–Crippen MR) is 104 cm³/mol. The van der Waals surface area contributed by atoms with E-state index in [4.69, 9.17) is 4.98 Å². The van der Waals surface area contributed by atoms with Crippen LogP contribution in [-0.2, 0) is 13.1 Å². The van der Waals surface area contributed by atoms with Crippen molar-refractivity contribution in [2.75, 3.05) is 25.0 Å². The number of aliphatic hydroxyl groups is 1. The predicted octanol–water partition coefficient (Wildman–Crippen LogP) is 2.61. The van der Waals surface area contributed by atoms with Crippen molar-refractivity contribution in [3.63, 3.8) is 0 Å². The van der Waals surface area contributed by atoms with Crippen LogP contribution in [0.5, 0.6) is 0 Å². The first-order valence-corrected chi connectivity index (χ1v) is 9.10. The first kappa shape index (κ1) is 17.5. The molecule has 27 heavy (non-hydrogen) atoms. The number of benzene rings is 2. The summed E-state index contributed by atoms with van der Waals surface area (Å²) < 4.78 is 2.13. The lowest BCUT2D eigenvalue weighted by molar-refractivity contribution is 0.101. The number of amides is 1. The molecule has 0 aliphatic carbocycles. The molecule has 1 aromatic heterocycles. The second-order valence-corrected chi connectivity index (χ2v) is 6.57. The van der Waals surface area contributed by atoms with Crippen LogP contribution in [0.4, 0.5) is 5.69 Å². The number of nitrogens with one attached hydrogen (secondary N) is 1. The molecule has 0 saturated heterocycles. The maximum absolute atomic E-state index is 12.9. The van der Waals surface area contributed by atoms with E-state index in [1.807, 2.05) is 60.7 Å². The van der Waals surface area contributed by atoms with Gasteiger partial charge in [-0.25, -0.2) is 4.98 Å². The van der Waals surface area contributed by atoms with Gasteiger partial charge in [0.05, 0.1) is 12.3 Å². The molecule has 1 aliphatic rings. The monoisotopic (exact) mass is 362 g/mol. The molecule has 6 nitrogen and oxygen atoms in total. The fraction of sp³-hybridized carbons (Fsp3) is 0.238. The van der Waals surface area contributed by atoms with Gasteiger partial charge in [-0.15, -0.1) is 0 Å². The Labute approximate surface area is 158 Å². The quantitative estimate of drug-likeness (QED) is 0.732. The highest BCUT2D eigenvalue weighted by Crippen LogP contribution is 2.27. The second kappa shape index (κ2) is 7.73. The number of rotatable bonds is 5. The highest BCUT2D eigenvalue weighted by Gasteiger charge is 2.27. The van der Waals surface area contributed by atoms with Crippen molar-refractivity contribution in [2.45, 2.75) is 13.1 Å². The highest BCUT2D eigenvalue weighted by molar-refractivity contribution is 6.04. The van der Waals surface area contributed by atoms with E-state index in [1.165, 1.54) is 0 Å². The molecule has 138 valence electrons. The number of hydrogen-bond acceptors (Lipinski definition) is 4. The lowest BCUT2D eigenvalue weighted by Gasteiger charge is -2.28. The average Bonchev–Trinajstić information content (AvgIpc) is 3.09. The van der Waals surface area contributed by atoms with Crippen molar-refractivity contribution in [2.24, 2.45) is 0 Å². The third-order valence-electron chi connectivity index (χ3n) is 4.78. The number of imidazole rings is 1. The normalized spacial score (nSPS) is 14.0. The number of para-hydroxylation sites is 1. The van der Waals surface area contributed by atoms with E-state index in [-0.39, 0.29) is 12.5 Å². The molecule has 1 amide bonds. The van der Waals surface area contributed by atoms with Gasteiger partial charge in [-0.3, -0.25) is 9.69 Å². The van der Waals surface area contributed by atoms with Gasteiger partial charge in [0, 0.05) is 37.4 Å². The summed E-state index contributed by atoms with van der Waals surface area (Å²) in [4.78, 5) is 19.8. The summed E-state index contributed by atoms with van der Waals surface area (Å²) >= 11 is 0. The van der Waals surface area contributed by atoms with Crippen LogP contribution in [0.15, 0.2) is 60.7 Å². The molecule has 4 rings (SSSR count). The van der Waals surface area contributed by atoms with Crippen molar-refractivity contribution >= 4 is 11.6 Å². The Kier molecular flexibility index (Phi) is 5.00. The molecule has 3 aromatic rings. The third-order valence-corrected chi connectivity index (χ3v) is 4.78. The van der Waals surface area contributed by atoms with Crippen molar-refractivity contribution < 1.29 is 9.90 Å². The van der Waals surface area contributed by atoms with E-state index >= 15 is 0 Å². The maximum Gasteiger partial charge on any atom is 0.276 e. The first-order chi connectivity index (χ1) is 13.3. The number of aromatic nitrogens is 2. The zero-order chi connectivity index (χ0) is 18.6. The maximum atomic E-state index is 12.9. The minimum Gasteiger partial charge on any atom is -0.395 e. The van der Waals surface area contributed by atoms with E-state index in [1.54, 1.807) is 0 Å². The number of carbonyl (C=O) groups is 1. The van der Waals surface area contributed by atoms with Crippen LogP contribution in [0.2, 0.25) is 0 Å². The average molecular weight is 362 g/mol. The molecule has 2 heterocycles. The lowest BCUT2D eigenvalue weighted by atomic mass is 10.2. The standard InChI is InChI=1S/C21H22N4O2/c26-14-13-24-11-12-25-18(15-24)19(21(27)22-17-9-5-2-6-10-17)23-20(25)16-7-3-1-4-8-16/h1-10,26H,11-15H2,(H,22,27). The van der Waals surface area contributed by atoms with Crippen molar-refractivity contribution in [3.05, 3.63) is 72.1 Å². The van der Waals surface area contributed by atoms with E-state index in [0.717, 1.165) is 35.9 Å².